The number of benzene rings is 4. The Morgan fingerprint density at radius 2 is 0.600 bits per heavy atom. The van der Waals surface area contributed by atoms with Crippen LogP contribution in [0.5, 0.6) is 0 Å². The van der Waals surface area contributed by atoms with Crippen LogP contribution in [0.1, 0.15) is 230 Å². The third-order valence-electron chi connectivity index (χ3n) is 13.1. The number of aryl methyl sites for hydroxylation is 4. The van der Waals surface area contributed by atoms with Gasteiger partial charge in [-0.25, -0.2) is 16.8 Å². The van der Waals surface area contributed by atoms with Crippen molar-refractivity contribution in [1.82, 2.24) is 0 Å². The van der Waals surface area contributed by atoms with Gasteiger partial charge in [-0.1, -0.05) is 218 Å². The van der Waals surface area contributed by atoms with Crippen LogP contribution in [-0.4, -0.2) is 53.2 Å². The van der Waals surface area contributed by atoms with Crippen molar-refractivity contribution < 1.29 is 25.9 Å². The summed E-state index contributed by atoms with van der Waals surface area (Å²) in [6.45, 7) is 9.00. The molecule has 0 spiro atoms. The fraction of sp³-hybridized carbons (Fsp3) is 0.643. The Balaban J connectivity index is 0.000000440. The molecule has 0 atom stereocenters. The van der Waals surface area contributed by atoms with Crippen LogP contribution in [0.4, 0.5) is 0 Å². The Morgan fingerprint density at radius 1 is 0.338 bits per heavy atom. The summed E-state index contributed by atoms with van der Waals surface area (Å²) in [6.07, 6.45) is 40.3. The Kier molecular flexibility index (Phi) is 31.4. The molecule has 0 fully saturated rings. The van der Waals surface area contributed by atoms with E-state index in [1.807, 2.05) is 24.3 Å². The van der Waals surface area contributed by atoms with E-state index in [9.17, 15) is 25.9 Å². The van der Waals surface area contributed by atoms with Crippen LogP contribution >= 0.6 is 0 Å². The van der Waals surface area contributed by atoms with Crippen LogP contribution < -0.4 is 0 Å². The Morgan fingerprint density at radius 3 is 0.877 bits per heavy atom. The Bertz CT molecular complexity index is 1960. The molecule has 65 heavy (non-hydrogen) atoms. The van der Waals surface area contributed by atoms with Crippen LogP contribution in [0, 0.1) is 0 Å². The normalized spacial score (nSPS) is 11.8. The third kappa shape index (κ3) is 23.3. The predicted molar refractivity (Wildman–Crippen MR) is 276 cm³/mol. The van der Waals surface area contributed by atoms with Crippen LogP contribution in [0.3, 0.4) is 0 Å². The summed E-state index contributed by atoms with van der Waals surface area (Å²) < 4.78 is 68.8. The largest absolute Gasteiger partial charge is 2.00 e. The number of unbranched alkanes of at least 4 members (excludes halogenated alkanes) is 24. The van der Waals surface area contributed by atoms with E-state index < -0.39 is 20.2 Å². The van der Waals surface area contributed by atoms with Gasteiger partial charge in [-0.05, 0) is 119 Å². The summed E-state index contributed by atoms with van der Waals surface area (Å²) in [5, 5.41) is 3.96. The van der Waals surface area contributed by atoms with Crippen LogP contribution in [0.25, 0.3) is 21.5 Å². The van der Waals surface area contributed by atoms with Crippen molar-refractivity contribution in [2.45, 2.75) is 243 Å². The average Bonchev–Trinajstić information content (AvgIpc) is 3.27. The van der Waals surface area contributed by atoms with Crippen molar-refractivity contribution in [3.05, 3.63) is 82.9 Å². The van der Waals surface area contributed by atoms with Gasteiger partial charge in [0.25, 0.3) is 0 Å². The van der Waals surface area contributed by atoms with Gasteiger partial charge in [-0.15, -0.1) is 0 Å². The van der Waals surface area contributed by atoms with E-state index in [1.54, 1.807) is 12.1 Å². The average molecular weight is 1130 g/mol. The van der Waals surface area contributed by atoms with E-state index >= 15 is 0 Å². The molecular formula is C56H86O6PbS2. The Labute approximate surface area is 418 Å². The van der Waals surface area contributed by atoms with Gasteiger partial charge in [0.05, 0.1) is 9.79 Å². The summed E-state index contributed by atoms with van der Waals surface area (Å²) in [7, 11) is -8.85. The van der Waals surface area contributed by atoms with Crippen molar-refractivity contribution >= 4 is 69.1 Å². The first-order valence-corrected chi connectivity index (χ1v) is 28.8. The molecule has 4 aromatic rings. The van der Waals surface area contributed by atoms with Gasteiger partial charge in [0.1, 0.15) is 20.2 Å². The van der Waals surface area contributed by atoms with Crippen molar-refractivity contribution in [2.24, 2.45) is 0 Å². The van der Waals surface area contributed by atoms with Crippen molar-refractivity contribution in [2.75, 3.05) is 0 Å². The molecule has 0 aliphatic heterocycles. The molecule has 6 nitrogen and oxygen atoms in total. The molecule has 0 saturated heterocycles. The molecule has 0 saturated carbocycles. The predicted octanol–water partition coefficient (Wildman–Crippen LogP) is 16.3. The van der Waals surface area contributed by atoms with Crippen molar-refractivity contribution in [3.63, 3.8) is 0 Å². The first-order valence-electron chi connectivity index (χ1n) is 25.9. The number of fused-ring (bicyclic) bond motifs is 2. The zero-order valence-electron chi connectivity index (χ0n) is 41.2. The molecular weight excluding hydrogens is 1040 g/mol. The first-order chi connectivity index (χ1) is 30.9. The van der Waals surface area contributed by atoms with Crippen molar-refractivity contribution in [3.8, 4) is 0 Å². The third-order valence-corrected chi connectivity index (χ3v) is 14.8. The first kappa shape index (κ1) is 59.3. The molecule has 0 unspecified atom stereocenters. The summed E-state index contributed by atoms with van der Waals surface area (Å²) in [6, 6.07) is 18.1. The van der Waals surface area contributed by atoms with Crippen LogP contribution in [-0.2, 0) is 45.9 Å². The minimum Gasteiger partial charge on any atom is -0.744 e. The topological polar surface area (TPSA) is 114 Å². The van der Waals surface area contributed by atoms with Crippen molar-refractivity contribution in [1.29, 1.82) is 0 Å². The second-order valence-electron chi connectivity index (χ2n) is 18.6. The van der Waals surface area contributed by atoms with Gasteiger partial charge in [-0.3, -0.25) is 0 Å². The molecule has 0 aliphatic carbocycles. The monoisotopic (exact) mass is 1130 g/mol. The molecule has 0 N–H and O–H groups in total. The molecule has 362 valence electrons. The quantitative estimate of drug-likeness (QED) is 0.0261. The van der Waals surface area contributed by atoms with E-state index in [4.69, 9.17) is 0 Å². The smallest absolute Gasteiger partial charge is 0.744 e. The summed E-state index contributed by atoms with van der Waals surface area (Å²) >= 11 is 0. The van der Waals surface area contributed by atoms with E-state index in [0.29, 0.717) is 0 Å². The molecule has 0 heterocycles. The van der Waals surface area contributed by atoms with Gasteiger partial charge < -0.3 is 9.11 Å². The molecule has 0 aliphatic rings. The number of rotatable bonds is 34. The maximum absolute atomic E-state index is 11.5. The molecule has 0 bridgehead atoms. The van der Waals surface area contributed by atoms with Crippen LogP contribution in [0.15, 0.2) is 70.5 Å². The molecule has 0 aromatic heterocycles. The maximum Gasteiger partial charge on any atom is 2.00 e. The van der Waals surface area contributed by atoms with Crippen LogP contribution in [0.2, 0.25) is 0 Å². The number of hydrogen-bond acceptors (Lipinski definition) is 6. The van der Waals surface area contributed by atoms with E-state index in [0.717, 1.165) is 60.1 Å². The zero-order chi connectivity index (χ0) is 46.5. The van der Waals surface area contributed by atoms with Gasteiger partial charge in [0.2, 0.25) is 0 Å². The van der Waals surface area contributed by atoms with E-state index in [-0.39, 0.29) is 37.1 Å². The van der Waals surface area contributed by atoms with Gasteiger partial charge in [-0.2, -0.15) is 0 Å². The molecule has 0 amide bonds. The standard InChI is InChI=1S/2C28H44O3S.Pb/c2*1-3-5-7-9-11-13-15-17-24-19-20-25-23-26(32(29,30)31)21-22-28(25)27(24)18-16-14-12-10-8-6-4-2;/h2*19-23H,3-18H2,1-2H3,(H,29,30,31);/q;;+2/p-2. The SMILES string of the molecule is CCCCCCCCCc1ccc2cc(S(=O)(=O)[O-])ccc2c1CCCCCCCCC.CCCCCCCCCc1ccc2cc(S(=O)(=O)[O-])ccc2c1CCCCCCCCC.[Pb+2]. The van der Waals surface area contributed by atoms with Gasteiger partial charge >= 0.3 is 27.3 Å². The second kappa shape index (κ2) is 34.4. The molecule has 2 radical (unpaired) electrons. The minimum absolute atomic E-state index is 0. The fourth-order valence-corrected chi connectivity index (χ4v) is 10.3. The number of hydrogen-bond donors (Lipinski definition) is 0. The minimum atomic E-state index is -4.43. The summed E-state index contributed by atoms with van der Waals surface area (Å²) in [5.41, 5.74) is 5.51. The molecule has 4 aromatic carbocycles. The molecule has 4 rings (SSSR count). The summed E-state index contributed by atoms with van der Waals surface area (Å²) in [5.74, 6) is 0. The summed E-state index contributed by atoms with van der Waals surface area (Å²) in [4.78, 5) is -0.265. The molecule has 9 heteroatoms. The van der Waals surface area contributed by atoms with E-state index in [2.05, 4.69) is 39.8 Å². The second-order valence-corrected chi connectivity index (χ2v) is 21.3. The van der Waals surface area contributed by atoms with Gasteiger partial charge in [0, 0.05) is 0 Å². The zero-order valence-corrected chi connectivity index (χ0v) is 46.7. The van der Waals surface area contributed by atoms with E-state index in [1.165, 1.54) is 201 Å². The van der Waals surface area contributed by atoms with Gasteiger partial charge in [0.15, 0.2) is 0 Å². The fourth-order valence-electron chi connectivity index (χ4n) is 9.27. The maximum atomic E-state index is 11.5. The Hall–Kier alpha value is -1.86.